The maximum absolute atomic E-state index is 11.7. The highest BCUT2D eigenvalue weighted by Crippen LogP contribution is 2.22. The SMILES string of the molecule is COC(=O)NCCC1CN(c2ccccc2)C(=O)O1. The minimum atomic E-state index is -0.482. The normalized spacial score (nSPS) is 18.1. The zero-order valence-corrected chi connectivity index (χ0v) is 10.7. The summed E-state index contributed by atoms with van der Waals surface area (Å²) in [5, 5.41) is 2.56. The standard InChI is InChI=1S/C13H16N2O4/c1-18-12(16)14-8-7-11-9-15(13(17)19-11)10-5-3-2-4-6-10/h2-6,11H,7-9H2,1H3,(H,14,16). The second-order valence-electron chi connectivity index (χ2n) is 4.16. The van der Waals surface area contributed by atoms with Crippen LogP contribution in [0.15, 0.2) is 30.3 Å². The number of anilines is 1. The molecule has 0 aromatic heterocycles. The molecule has 1 aromatic carbocycles. The van der Waals surface area contributed by atoms with Crippen LogP contribution in [0.5, 0.6) is 0 Å². The fraction of sp³-hybridized carbons (Fsp3) is 0.385. The Balaban J connectivity index is 1.84. The smallest absolute Gasteiger partial charge is 0.414 e. The average molecular weight is 264 g/mol. The molecule has 1 atom stereocenters. The lowest BCUT2D eigenvalue weighted by molar-refractivity contribution is 0.135. The van der Waals surface area contributed by atoms with E-state index in [4.69, 9.17) is 4.74 Å². The van der Waals surface area contributed by atoms with Crippen molar-refractivity contribution in [1.29, 1.82) is 0 Å². The van der Waals surface area contributed by atoms with Crippen LogP contribution < -0.4 is 10.2 Å². The number of benzene rings is 1. The highest BCUT2D eigenvalue weighted by atomic mass is 16.6. The Labute approximate surface area is 111 Å². The zero-order valence-electron chi connectivity index (χ0n) is 10.7. The molecule has 102 valence electrons. The number of carbonyl (C=O) groups is 2. The Morgan fingerprint density at radius 3 is 2.89 bits per heavy atom. The van der Waals surface area contributed by atoms with Crippen molar-refractivity contribution >= 4 is 17.9 Å². The van der Waals surface area contributed by atoms with E-state index in [9.17, 15) is 9.59 Å². The van der Waals surface area contributed by atoms with E-state index in [2.05, 4.69) is 10.1 Å². The number of para-hydroxylation sites is 1. The van der Waals surface area contributed by atoms with E-state index < -0.39 is 6.09 Å². The third kappa shape index (κ3) is 3.37. The van der Waals surface area contributed by atoms with Gasteiger partial charge in [0.2, 0.25) is 0 Å². The molecule has 2 rings (SSSR count). The summed E-state index contributed by atoms with van der Waals surface area (Å²) in [4.78, 5) is 24.2. The monoisotopic (exact) mass is 264 g/mol. The zero-order chi connectivity index (χ0) is 13.7. The highest BCUT2D eigenvalue weighted by molar-refractivity contribution is 5.89. The molecule has 6 nitrogen and oxygen atoms in total. The Bertz CT molecular complexity index is 449. The van der Waals surface area contributed by atoms with Gasteiger partial charge in [0.05, 0.1) is 13.7 Å². The molecule has 0 radical (unpaired) electrons. The van der Waals surface area contributed by atoms with Crippen LogP contribution in [-0.4, -0.2) is 38.5 Å². The predicted octanol–water partition coefficient (Wildman–Crippen LogP) is 1.76. The van der Waals surface area contributed by atoms with Crippen LogP contribution in [0.1, 0.15) is 6.42 Å². The molecule has 6 heteroatoms. The number of amides is 2. The molecular weight excluding hydrogens is 248 g/mol. The van der Waals surface area contributed by atoms with Gasteiger partial charge < -0.3 is 14.8 Å². The largest absolute Gasteiger partial charge is 0.453 e. The molecule has 1 unspecified atom stereocenters. The topological polar surface area (TPSA) is 67.9 Å². The number of rotatable bonds is 4. The number of nitrogens with zero attached hydrogens (tertiary/aromatic N) is 1. The molecule has 1 fully saturated rings. The van der Waals surface area contributed by atoms with Crippen LogP contribution in [0.25, 0.3) is 0 Å². The van der Waals surface area contributed by atoms with Crippen molar-refractivity contribution < 1.29 is 19.1 Å². The van der Waals surface area contributed by atoms with Crippen LogP contribution in [-0.2, 0) is 9.47 Å². The summed E-state index contributed by atoms with van der Waals surface area (Å²) in [6.07, 6.45) is -0.493. The van der Waals surface area contributed by atoms with Crippen LogP contribution in [0, 0.1) is 0 Å². The van der Waals surface area contributed by atoms with E-state index in [-0.39, 0.29) is 12.2 Å². The van der Waals surface area contributed by atoms with Crippen LogP contribution in [0.3, 0.4) is 0 Å². The summed E-state index contributed by atoms with van der Waals surface area (Å²) in [6, 6.07) is 9.35. The van der Waals surface area contributed by atoms with Gasteiger partial charge in [-0.1, -0.05) is 18.2 Å². The molecule has 0 spiro atoms. The van der Waals surface area contributed by atoms with Crippen LogP contribution in [0.2, 0.25) is 0 Å². The van der Waals surface area contributed by atoms with Gasteiger partial charge in [-0.25, -0.2) is 9.59 Å². The van der Waals surface area contributed by atoms with E-state index in [1.165, 1.54) is 7.11 Å². The maximum Gasteiger partial charge on any atom is 0.414 e. The van der Waals surface area contributed by atoms with E-state index in [1.807, 2.05) is 30.3 Å². The van der Waals surface area contributed by atoms with Gasteiger partial charge in [-0.05, 0) is 12.1 Å². The van der Waals surface area contributed by atoms with Crippen molar-refractivity contribution in [2.24, 2.45) is 0 Å². The molecular formula is C13H16N2O4. The van der Waals surface area contributed by atoms with E-state index in [1.54, 1.807) is 4.90 Å². The highest BCUT2D eigenvalue weighted by Gasteiger charge is 2.31. The van der Waals surface area contributed by atoms with E-state index in [0.717, 1.165) is 5.69 Å². The Kier molecular flexibility index (Phi) is 4.22. The molecule has 0 saturated carbocycles. The minimum Gasteiger partial charge on any atom is -0.453 e. The van der Waals surface area contributed by atoms with E-state index in [0.29, 0.717) is 19.5 Å². The molecule has 19 heavy (non-hydrogen) atoms. The number of cyclic esters (lactones) is 1. The first kappa shape index (κ1) is 13.2. The molecule has 1 saturated heterocycles. The Morgan fingerprint density at radius 2 is 2.21 bits per heavy atom. The number of ether oxygens (including phenoxy) is 2. The van der Waals surface area contributed by atoms with Gasteiger partial charge in [0.1, 0.15) is 6.10 Å². The van der Waals surface area contributed by atoms with Crippen molar-refractivity contribution in [2.75, 3.05) is 25.1 Å². The van der Waals surface area contributed by atoms with Crippen LogP contribution in [0.4, 0.5) is 15.3 Å². The number of hydrogen-bond acceptors (Lipinski definition) is 4. The fourth-order valence-corrected chi connectivity index (χ4v) is 1.90. The first-order valence-corrected chi connectivity index (χ1v) is 6.05. The van der Waals surface area contributed by atoms with Gasteiger partial charge in [-0.2, -0.15) is 0 Å². The molecule has 2 amide bonds. The fourth-order valence-electron chi connectivity index (χ4n) is 1.90. The quantitative estimate of drug-likeness (QED) is 0.899. The Morgan fingerprint density at radius 1 is 1.47 bits per heavy atom. The van der Waals surface area contributed by atoms with Crippen molar-refractivity contribution in [2.45, 2.75) is 12.5 Å². The van der Waals surface area contributed by atoms with Gasteiger partial charge in [0.25, 0.3) is 0 Å². The summed E-state index contributed by atoms with van der Waals surface area (Å²) in [5.74, 6) is 0. The average Bonchev–Trinajstić information content (AvgIpc) is 2.80. The number of methoxy groups -OCH3 is 1. The van der Waals surface area contributed by atoms with Crippen molar-refractivity contribution in [3.63, 3.8) is 0 Å². The third-order valence-electron chi connectivity index (χ3n) is 2.86. The van der Waals surface area contributed by atoms with E-state index >= 15 is 0 Å². The summed E-state index contributed by atoms with van der Waals surface area (Å²) in [7, 11) is 1.31. The van der Waals surface area contributed by atoms with Crippen molar-refractivity contribution in [3.05, 3.63) is 30.3 Å². The Hall–Kier alpha value is -2.24. The predicted molar refractivity (Wildman–Crippen MR) is 69.1 cm³/mol. The summed E-state index contributed by atoms with van der Waals surface area (Å²) < 4.78 is 9.70. The second kappa shape index (κ2) is 6.08. The lowest BCUT2D eigenvalue weighted by Crippen LogP contribution is -2.28. The molecule has 1 aliphatic rings. The number of nitrogens with one attached hydrogen (secondary N) is 1. The van der Waals surface area contributed by atoms with Gasteiger partial charge in [0, 0.05) is 18.7 Å². The maximum atomic E-state index is 11.7. The number of alkyl carbamates (subject to hydrolysis) is 1. The second-order valence-corrected chi connectivity index (χ2v) is 4.16. The lowest BCUT2D eigenvalue weighted by Gasteiger charge is -2.12. The number of carbonyl (C=O) groups excluding carboxylic acids is 2. The van der Waals surface area contributed by atoms with Gasteiger partial charge in [0.15, 0.2) is 0 Å². The van der Waals surface area contributed by atoms with Gasteiger partial charge >= 0.3 is 12.2 Å². The summed E-state index contributed by atoms with van der Waals surface area (Å²) in [6.45, 7) is 0.902. The first-order chi connectivity index (χ1) is 9.20. The molecule has 1 N–H and O–H groups in total. The molecule has 1 heterocycles. The minimum absolute atomic E-state index is 0.218. The lowest BCUT2D eigenvalue weighted by atomic mass is 10.2. The molecule has 1 aromatic rings. The number of hydrogen-bond donors (Lipinski definition) is 1. The summed E-state index contributed by atoms with van der Waals surface area (Å²) >= 11 is 0. The summed E-state index contributed by atoms with van der Waals surface area (Å²) in [5.41, 5.74) is 0.816. The van der Waals surface area contributed by atoms with Crippen LogP contribution >= 0.6 is 0 Å². The van der Waals surface area contributed by atoms with Gasteiger partial charge in [-0.3, -0.25) is 4.90 Å². The molecule has 0 aliphatic carbocycles. The van der Waals surface area contributed by atoms with Crippen molar-refractivity contribution in [3.8, 4) is 0 Å². The van der Waals surface area contributed by atoms with Gasteiger partial charge in [-0.15, -0.1) is 0 Å². The third-order valence-corrected chi connectivity index (χ3v) is 2.86. The molecule has 0 bridgehead atoms. The first-order valence-electron chi connectivity index (χ1n) is 6.05. The molecule has 1 aliphatic heterocycles. The van der Waals surface area contributed by atoms with Crippen molar-refractivity contribution in [1.82, 2.24) is 5.32 Å².